The first-order valence-corrected chi connectivity index (χ1v) is 11.3. The van der Waals surface area contributed by atoms with Crippen molar-refractivity contribution >= 4 is 45.0 Å². The molecule has 1 unspecified atom stereocenters. The van der Waals surface area contributed by atoms with Crippen LogP contribution in [0.1, 0.15) is 11.4 Å². The second-order valence-electron chi connectivity index (χ2n) is 7.23. The number of rotatable bonds is 6. The summed E-state index contributed by atoms with van der Waals surface area (Å²) in [6.45, 7) is 2.00. The molecule has 8 heteroatoms. The lowest BCUT2D eigenvalue weighted by molar-refractivity contribution is 0.686. The summed E-state index contributed by atoms with van der Waals surface area (Å²) >= 11 is 0. The molecule has 7 nitrogen and oxygen atoms in total. The molecule has 4 rings (SSSR count). The normalized spacial score (nSPS) is 12.1. The van der Waals surface area contributed by atoms with E-state index in [1.807, 2.05) is 56.3 Å². The molecule has 0 spiro atoms. The van der Waals surface area contributed by atoms with Crippen LogP contribution in [0.5, 0.6) is 0 Å². The highest BCUT2D eigenvalue weighted by Gasteiger charge is 2.11. The molecular formula is C22H24N6OS. The number of imidazole rings is 1. The van der Waals surface area contributed by atoms with Crippen LogP contribution in [0.4, 0.5) is 23.1 Å². The lowest BCUT2D eigenvalue weighted by Gasteiger charge is -2.19. The molecule has 30 heavy (non-hydrogen) atoms. The number of aromatic nitrogens is 4. The van der Waals surface area contributed by atoms with E-state index in [4.69, 9.17) is 0 Å². The number of benzene rings is 2. The Kier molecular flexibility index (Phi) is 5.50. The van der Waals surface area contributed by atoms with Gasteiger partial charge in [-0.05, 0) is 48.9 Å². The second kappa shape index (κ2) is 8.23. The van der Waals surface area contributed by atoms with Gasteiger partial charge in [0.15, 0.2) is 0 Å². The Morgan fingerprint density at radius 1 is 1.10 bits per heavy atom. The zero-order valence-corrected chi connectivity index (χ0v) is 18.3. The van der Waals surface area contributed by atoms with Crippen LogP contribution in [0.2, 0.25) is 0 Å². The van der Waals surface area contributed by atoms with E-state index in [0.29, 0.717) is 11.7 Å². The fraction of sp³-hybridized carbons (Fsp3) is 0.227. The minimum Gasteiger partial charge on any atom is -0.331 e. The number of anilines is 4. The molecule has 154 valence electrons. The zero-order valence-electron chi connectivity index (χ0n) is 17.5. The molecule has 0 amide bonds. The Balaban J connectivity index is 1.54. The summed E-state index contributed by atoms with van der Waals surface area (Å²) < 4.78 is 13.4. The SMILES string of the molecule is Cc1nc2cc(N(C)c3ccnc(Nc4ccc(CS(C)=O)cc4)n3)ccc2n1C. The molecule has 4 aromatic rings. The van der Waals surface area contributed by atoms with Crippen LogP contribution in [0.25, 0.3) is 11.0 Å². The van der Waals surface area contributed by atoms with Crippen molar-refractivity contribution in [3.05, 3.63) is 66.1 Å². The van der Waals surface area contributed by atoms with E-state index in [9.17, 15) is 4.21 Å². The lowest BCUT2D eigenvalue weighted by Crippen LogP contribution is -2.12. The van der Waals surface area contributed by atoms with Crippen LogP contribution in [0, 0.1) is 6.92 Å². The summed E-state index contributed by atoms with van der Waals surface area (Å²) in [4.78, 5) is 15.6. The standard InChI is InChI=1S/C22H24N6OS/c1-15-24-19-13-18(9-10-20(19)27(15)2)28(3)21-11-12-23-22(26-21)25-17-7-5-16(6-8-17)14-30(4)29/h5-13H,14H2,1-4H3,(H,23,25,26). The summed E-state index contributed by atoms with van der Waals surface area (Å²) in [6, 6.07) is 15.9. The second-order valence-corrected chi connectivity index (χ2v) is 8.66. The number of aryl methyl sites for hydroxylation is 2. The molecule has 2 heterocycles. The number of hydrogen-bond acceptors (Lipinski definition) is 6. The third-order valence-electron chi connectivity index (χ3n) is 5.04. The van der Waals surface area contributed by atoms with Gasteiger partial charge in [-0.3, -0.25) is 4.21 Å². The average molecular weight is 421 g/mol. The zero-order chi connectivity index (χ0) is 21.3. The van der Waals surface area contributed by atoms with Crippen molar-refractivity contribution in [2.75, 3.05) is 23.5 Å². The molecule has 2 aromatic heterocycles. The van der Waals surface area contributed by atoms with Crippen LogP contribution in [0.15, 0.2) is 54.7 Å². The van der Waals surface area contributed by atoms with Crippen molar-refractivity contribution in [2.24, 2.45) is 7.05 Å². The molecule has 2 aromatic carbocycles. The predicted molar refractivity (Wildman–Crippen MR) is 123 cm³/mol. The molecule has 0 aliphatic heterocycles. The molecule has 0 aliphatic rings. The molecule has 1 atom stereocenters. The third kappa shape index (κ3) is 4.18. The Labute approximate surface area is 178 Å². The summed E-state index contributed by atoms with van der Waals surface area (Å²) in [7, 11) is 3.14. The van der Waals surface area contributed by atoms with Crippen LogP contribution in [-0.4, -0.2) is 37.0 Å². The van der Waals surface area contributed by atoms with Gasteiger partial charge in [0.1, 0.15) is 11.6 Å². The van der Waals surface area contributed by atoms with Gasteiger partial charge in [0, 0.05) is 54.5 Å². The van der Waals surface area contributed by atoms with Gasteiger partial charge in [-0.15, -0.1) is 0 Å². The number of hydrogen-bond donors (Lipinski definition) is 1. The van der Waals surface area contributed by atoms with Crippen molar-refractivity contribution in [1.82, 2.24) is 19.5 Å². The van der Waals surface area contributed by atoms with E-state index in [-0.39, 0.29) is 0 Å². The van der Waals surface area contributed by atoms with Gasteiger partial charge in [-0.25, -0.2) is 9.97 Å². The van der Waals surface area contributed by atoms with Gasteiger partial charge in [-0.2, -0.15) is 4.98 Å². The fourth-order valence-electron chi connectivity index (χ4n) is 3.29. The van der Waals surface area contributed by atoms with Crippen molar-refractivity contribution in [3.8, 4) is 0 Å². The molecule has 0 fully saturated rings. The molecule has 0 saturated carbocycles. The van der Waals surface area contributed by atoms with Gasteiger partial charge in [0.05, 0.1) is 11.0 Å². The molecule has 0 saturated heterocycles. The molecule has 0 aliphatic carbocycles. The van der Waals surface area contributed by atoms with Crippen molar-refractivity contribution in [2.45, 2.75) is 12.7 Å². The van der Waals surface area contributed by atoms with E-state index in [1.54, 1.807) is 12.5 Å². The van der Waals surface area contributed by atoms with E-state index >= 15 is 0 Å². The predicted octanol–water partition coefficient (Wildman–Crippen LogP) is 4.06. The minimum atomic E-state index is -0.853. The van der Waals surface area contributed by atoms with Gasteiger partial charge >= 0.3 is 0 Å². The summed E-state index contributed by atoms with van der Waals surface area (Å²) in [6.07, 6.45) is 3.44. The number of fused-ring (bicyclic) bond motifs is 1. The van der Waals surface area contributed by atoms with E-state index in [2.05, 4.69) is 43.0 Å². The molecule has 0 radical (unpaired) electrons. The first-order valence-electron chi connectivity index (χ1n) is 9.56. The Hall–Kier alpha value is -3.26. The highest BCUT2D eigenvalue weighted by atomic mass is 32.2. The third-order valence-corrected chi connectivity index (χ3v) is 5.78. The number of nitrogens with zero attached hydrogens (tertiary/aromatic N) is 5. The van der Waals surface area contributed by atoms with Crippen LogP contribution < -0.4 is 10.2 Å². The molecule has 1 N–H and O–H groups in total. The number of nitrogens with one attached hydrogen (secondary N) is 1. The fourth-order valence-corrected chi connectivity index (χ4v) is 3.96. The average Bonchev–Trinajstić information content (AvgIpc) is 3.02. The van der Waals surface area contributed by atoms with Gasteiger partial charge < -0.3 is 14.8 Å². The highest BCUT2D eigenvalue weighted by molar-refractivity contribution is 7.83. The van der Waals surface area contributed by atoms with Gasteiger partial charge in [-0.1, -0.05) is 12.1 Å². The van der Waals surface area contributed by atoms with E-state index < -0.39 is 10.8 Å². The van der Waals surface area contributed by atoms with E-state index in [0.717, 1.165) is 39.6 Å². The summed E-state index contributed by atoms with van der Waals surface area (Å²) in [5.74, 6) is 2.82. The first-order chi connectivity index (χ1) is 14.4. The summed E-state index contributed by atoms with van der Waals surface area (Å²) in [5.41, 5.74) is 4.98. The lowest BCUT2D eigenvalue weighted by atomic mass is 10.2. The Bertz CT molecular complexity index is 1220. The minimum absolute atomic E-state index is 0.515. The first kappa shape index (κ1) is 20.0. The maximum absolute atomic E-state index is 11.4. The quantitative estimate of drug-likeness (QED) is 0.507. The topological polar surface area (TPSA) is 75.9 Å². The van der Waals surface area contributed by atoms with Crippen molar-refractivity contribution < 1.29 is 4.21 Å². The maximum atomic E-state index is 11.4. The largest absolute Gasteiger partial charge is 0.331 e. The van der Waals surface area contributed by atoms with E-state index in [1.165, 1.54) is 0 Å². The molecular weight excluding hydrogens is 396 g/mol. The Morgan fingerprint density at radius 2 is 1.87 bits per heavy atom. The van der Waals surface area contributed by atoms with Gasteiger partial charge in [0.2, 0.25) is 5.95 Å². The van der Waals surface area contributed by atoms with Crippen LogP contribution in [0.3, 0.4) is 0 Å². The van der Waals surface area contributed by atoms with Crippen LogP contribution in [-0.2, 0) is 23.6 Å². The maximum Gasteiger partial charge on any atom is 0.229 e. The highest BCUT2D eigenvalue weighted by Crippen LogP contribution is 2.27. The smallest absolute Gasteiger partial charge is 0.229 e. The van der Waals surface area contributed by atoms with Crippen molar-refractivity contribution in [3.63, 3.8) is 0 Å². The molecule has 0 bridgehead atoms. The summed E-state index contributed by atoms with van der Waals surface area (Å²) in [5, 5.41) is 3.23. The Morgan fingerprint density at radius 3 is 2.60 bits per heavy atom. The van der Waals surface area contributed by atoms with Crippen LogP contribution >= 0.6 is 0 Å². The van der Waals surface area contributed by atoms with Gasteiger partial charge in [0.25, 0.3) is 0 Å². The van der Waals surface area contributed by atoms with Crippen molar-refractivity contribution in [1.29, 1.82) is 0 Å². The monoisotopic (exact) mass is 420 g/mol.